The Kier molecular flexibility index (Phi) is 6.97. The number of alkyl halides is 3. The van der Waals surface area contributed by atoms with Gasteiger partial charge in [0.15, 0.2) is 5.82 Å². The van der Waals surface area contributed by atoms with E-state index in [0.717, 1.165) is 24.7 Å². The molecular formula is C28H29F3N6. The second-order valence-corrected chi connectivity index (χ2v) is 9.52. The molecule has 1 aliphatic rings. The van der Waals surface area contributed by atoms with Gasteiger partial charge < -0.3 is 4.90 Å². The van der Waals surface area contributed by atoms with Crippen molar-refractivity contribution in [1.82, 2.24) is 25.1 Å². The Morgan fingerprint density at radius 1 is 0.865 bits per heavy atom. The van der Waals surface area contributed by atoms with Crippen molar-refractivity contribution in [3.63, 3.8) is 0 Å². The zero-order valence-electron chi connectivity index (χ0n) is 20.9. The molecule has 2 heterocycles. The Balaban J connectivity index is 1.48. The molecule has 0 amide bonds. The molecule has 5 rings (SSSR count). The maximum Gasteiger partial charge on any atom is 0.416 e. The third-order valence-corrected chi connectivity index (χ3v) is 6.89. The zero-order valence-corrected chi connectivity index (χ0v) is 20.9. The van der Waals surface area contributed by atoms with E-state index in [1.54, 1.807) is 10.7 Å². The van der Waals surface area contributed by atoms with Gasteiger partial charge in [0.2, 0.25) is 0 Å². The highest BCUT2D eigenvalue weighted by Crippen LogP contribution is 2.35. The highest BCUT2D eigenvalue weighted by molar-refractivity contribution is 5.55. The smallest absolute Gasteiger partial charge is 0.369 e. The number of aryl methyl sites for hydroxylation is 2. The van der Waals surface area contributed by atoms with E-state index in [9.17, 15) is 13.2 Å². The standard InChI is InChI=1S/C28H29F3N6/c1-20-11-12-21(2)25(17-20)35-13-15-36(16-14-35)26(23-9-6-10-24(18-23)28(29,30)31)27-32-33-34-37(27)19-22-7-4-3-5-8-22/h3-12,17-18,26H,13-16,19H2,1-2H3/t26-/m0/s1. The molecule has 6 nitrogen and oxygen atoms in total. The molecule has 0 saturated carbocycles. The maximum absolute atomic E-state index is 13.6. The molecule has 9 heteroatoms. The van der Waals surface area contributed by atoms with Crippen molar-refractivity contribution in [3.8, 4) is 0 Å². The average Bonchev–Trinajstić information content (AvgIpc) is 3.34. The number of aromatic nitrogens is 4. The van der Waals surface area contributed by atoms with Gasteiger partial charge in [0.1, 0.15) is 0 Å². The first-order valence-corrected chi connectivity index (χ1v) is 12.3. The summed E-state index contributed by atoms with van der Waals surface area (Å²) in [7, 11) is 0. The molecule has 1 aliphatic heterocycles. The fraction of sp³-hybridized carbons (Fsp3) is 0.321. The van der Waals surface area contributed by atoms with Gasteiger partial charge in [-0.15, -0.1) is 5.10 Å². The summed E-state index contributed by atoms with van der Waals surface area (Å²) in [5.41, 5.74) is 4.47. The highest BCUT2D eigenvalue weighted by Gasteiger charge is 2.35. The summed E-state index contributed by atoms with van der Waals surface area (Å²) in [6.45, 7) is 7.43. The fourth-order valence-corrected chi connectivity index (χ4v) is 4.97. The fourth-order valence-electron chi connectivity index (χ4n) is 4.97. The molecule has 1 saturated heterocycles. The van der Waals surface area contributed by atoms with E-state index in [1.165, 1.54) is 28.9 Å². The molecule has 4 aromatic rings. The Labute approximate surface area is 214 Å². The van der Waals surface area contributed by atoms with Gasteiger partial charge in [-0.25, -0.2) is 4.68 Å². The second kappa shape index (κ2) is 10.3. The van der Waals surface area contributed by atoms with Crippen molar-refractivity contribution < 1.29 is 13.2 Å². The molecule has 1 aromatic heterocycles. The van der Waals surface area contributed by atoms with Crippen LogP contribution < -0.4 is 4.90 Å². The van der Waals surface area contributed by atoms with Crippen LogP contribution in [0.25, 0.3) is 0 Å². The lowest BCUT2D eigenvalue weighted by atomic mass is 10.00. The van der Waals surface area contributed by atoms with Gasteiger partial charge in [0, 0.05) is 31.9 Å². The summed E-state index contributed by atoms with van der Waals surface area (Å²) >= 11 is 0. The molecule has 0 aliphatic carbocycles. The van der Waals surface area contributed by atoms with Gasteiger partial charge in [0.25, 0.3) is 0 Å². The first-order valence-electron chi connectivity index (χ1n) is 12.3. The average molecular weight is 507 g/mol. The molecule has 0 bridgehead atoms. The minimum absolute atomic E-state index is 0.432. The van der Waals surface area contributed by atoms with Crippen LogP contribution in [-0.2, 0) is 12.7 Å². The molecular weight excluding hydrogens is 477 g/mol. The van der Waals surface area contributed by atoms with Crippen molar-refractivity contribution >= 4 is 5.69 Å². The summed E-state index contributed by atoms with van der Waals surface area (Å²) in [6, 6.07) is 21.2. The molecule has 1 fully saturated rings. The number of nitrogens with zero attached hydrogens (tertiary/aromatic N) is 6. The number of anilines is 1. The minimum atomic E-state index is -4.43. The number of rotatable bonds is 6. The monoisotopic (exact) mass is 506 g/mol. The number of hydrogen-bond donors (Lipinski definition) is 0. The highest BCUT2D eigenvalue weighted by atomic mass is 19.4. The summed E-state index contributed by atoms with van der Waals surface area (Å²) in [5, 5.41) is 12.4. The van der Waals surface area contributed by atoms with E-state index in [2.05, 4.69) is 57.4 Å². The summed E-state index contributed by atoms with van der Waals surface area (Å²) < 4.78 is 42.6. The van der Waals surface area contributed by atoms with Crippen LogP contribution in [0, 0.1) is 13.8 Å². The van der Waals surface area contributed by atoms with Crippen LogP contribution in [0.5, 0.6) is 0 Å². The SMILES string of the molecule is Cc1ccc(C)c(N2CCN([C@@H](c3cccc(C(F)(F)F)c3)c3nnnn3Cc3ccccc3)CC2)c1. The lowest BCUT2D eigenvalue weighted by Crippen LogP contribution is -2.48. The zero-order chi connectivity index (χ0) is 26.0. The van der Waals surface area contributed by atoms with Gasteiger partial charge in [-0.3, -0.25) is 4.90 Å². The lowest BCUT2D eigenvalue weighted by Gasteiger charge is -2.40. The molecule has 37 heavy (non-hydrogen) atoms. The van der Waals surface area contributed by atoms with Crippen molar-refractivity contribution in [2.75, 3.05) is 31.1 Å². The number of tetrazole rings is 1. The number of hydrogen-bond acceptors (Lipinski definition) is 5. The number of piperazine rings is 1. The van der Waals surface area contributed by atoms with E-state index >= 15 is 0 Å². The molecule has 0 radical (unpaired) electrons. The van der Waals surface area contributed by atoms with E-state index in [0.29, 0.717) is 31.0 Å². The summed E-state index contributed by atoms with van der Waals surface area (Å²) in [5.74, 6) is 0.531. The summed E-state index contributed by atoms with van der Waals surface area (Å²) in [4.78, 5) is 4.53. The molecule has 0 spiro atoms. The third kappa shape index (κ3) is 5.51. The van der Waals surface area contributed by atoms with Gasteiger partial charge in [-0.05, 0) is 64.7 Å². The van der Waals surface area contributed by atoms with Crippen molar-refractivity contribution in [1.29, 1.82) is 0 Å². The van der Waals surface area contributed by atoms with Crippen LogP contribution in [0.4, 0.5) is 18.9 Å². The Morgan fingerprint density at radius 2 is 1.62 bits per heavy atom. The van der Waals surface area contributed by atoms with E-state index in [4.69, 9.17) is 0 Å². The third-order valence-electron chi connectivity index (χ3n) is 6.89. The molecule has 0 unspecified atom stereocenters. The first-order chi connectivity index (χ1) is 17.8. The van der Waals surface area contributed by atoms with Crippen molar-refractivity contribution in [2.45, 2.75) is 32.6 Å². The number of benzene rings is 3. The van der Waals surface area contributed by atoms with Crippen LogP contribution in [-0.4, -0.2) is 51.3 Å². The largest absolute Gasteiger partial charge is 0.416 e. The molecule has 3 aromatic carbocycles. The molecule has 0 N–H and O–H groups in total. The normalized spacial score (nSPS) is 15.6. The minimum Gasteiger partial charge on any atom is -0.369 e. The molecule has 1 atom stereocenters. The quantitative estimate of drug-likeness (QED) is 0.357. The van der Waals surface area contributed by atoms with Crippen LogP contribution in [0.2, 0.25) is 0 Å². The lowest BCUT2D eigenvalue weighted by molar-refractivity contribution is -0.137. The van der Waals surface area contributed by atoms with E-state index in [-0.39, 0.29) is 0 Å². The first kappa shape index (κ1) is 25.0. The molecule has 192 valence electrons. The Bertz CT molecular complexity index is 1340. The van der Waals surface area contributed by atoms with Crippen LogP contribution in [0.3, 0.4) is 0 Å². The maximum atomic E-state index is 13.6. The van der Waals surface area contributed by atoms with Crippen molar-refractivity contribution in [2.24, 2.45) is 0 Å². The summed E-state index contributed by atoms with van der Waals surface area (Å²) in [6.07, 6.45) is -4.43. The van der Waals surface area contributed by atoms with Crippen molar-refractivity contribution in [3.05, 3.63) is 106 Å². The van der Waals surface area contributed by atoms with Crippen LogP contribution in [0.15, 0.2) is 72.8 Å². The topological polar surface area (TPSA) is 50.1 Å². The predicted octanol–water partition coefficient (Wildman–Crippen LogP) is 5.27. The predicted molar refractivity (Wildman–Crippen MR) is 136 cm³/mol. The number of halogens is 3. The van der Waals surface area contributed by atoms with Crippen LogP contribution >= 0.6 is 0 Å². The Hall–Kier alpha value is -3.72. The Morgan fingerprint density at radius 3 is 2.35 bits per heavy atom. The van der Waals surface area contributed by atoms with Gasteiger partial charge in [0.05, 0.1) is 18.2 Å². The van der Waals surface area contributed by atoms with Gasteiger partial charge in [-0.1, -0.05) is 54.6 Å². The van der Waals surface area contributed by atoms with E-state index in [1.807, 2.05) is 30.3 Å². The second-order valence-electron chi connectivity index (χ2n) is 9.52. The van der Waals surface area contributed by atoms with Crippen LogP contribution in [0.1, 0.15) is 39.7 Å². The van der Waals surface area contributed by atoms with Gasteiger partial charge >= 0.3 is 6.18 Å². The van der Waals surface area contributed by atoms with E-state index < -0.39 is 17.8 Å². The van der Waals surface area contributed by atoms with Gasteiger partial charge in [-0.2, -0.15) is 13.2 Å².